The fraction of sp³-hybridized carbons (Fsp3) is 0.500. The molecule has 1 aromatic rings. The van der Waals surface area contributed by atoms with Crippen molar-refractivity contribution in [1.29, 1.82) is 0 Å². The standard InChI is InChI=1S/C10H14N2O5S/c1-4-17-10(14)7-5-11-8(12-9(7)13)6(2)18(3,15)16/h5-6H,4H2,1-3H3,(H,11,12,13). The normalized spacial score (nSPS) is 13.1. The lowest BCUT2D eigenvalue weighted by Gasteiger charge is -2.08. The molecule has 0 aliphatic heterocycles. The van der Waals surface area contributed by atoms with Gasteiger partial charge in [-0.25, -0.2) is 18.2 Å². The first kappa shape index (κ1) is 14.4. The molecule has 18 heavy (non-hydrogen) atoms. The van der Waals surface area contributed by atoms with E-state index in [-0.39, 0.29) is 18.0 Å². The van der Waals surface area contributed by atoms with Gasteiger partial charge in [0.15, 0.2) is 9.84 Å². The van der Waals surface area contributed by atoms with Crippen LogP contribution in [0, 0.1) is 0 Å². The summed E-state index contributed by atoms with van der Waals surface area (Å²) in [7, 11) is -3.36. The van der Waals surface area contributed by atoms with E-state index in [2.05, 4.69) is 14.7 Å². The van der Waals surface area contributed by atoms with E-state index in [0.717, 1.165) is 12.5 Å². The van der Waals surface area contributed by atoms with Crippen molar-refractivity contribution in [3.05, 3.63) is 27.9 Å². The SMILES string of the molecule is CCOC(=O)c1cnc(C(C)S(C)(=O)=O)[nH]c1=O. The van der Waals surface area contributed by atoms with Gasteiger partial charge in [0.2, 0.25) is 0 Å². The third-order valence-electron chi connectivity index (χ3n) is 2.34. The van der Waals surface area contributed by atoms with Crippen molar-refractivity contribution in [2.75, 3.05) is 12.9 Å². The largest absolute Gasteiger partial charge is 0.462 e. The zero-order valence-corrected chi connectivity index (χ0v) is 11.1. The molecule has 0 radical (unpaired) electrons. The van der Waals surface area contributed by atoms with Crippen molar-refractivity contribution in [1.82, 2.24) is 9.97 Å². The number of hydrogen-bond donors (Lipinski definition) is 1. The number of carbonyl (C=O) groups excluding carboxylic acids is 1. The topological polar surface area (TPSA) is 106 Å². The fourth-order valence-electron chi connectivity index (χ4n) is 1.17. The Bertz CT molecular complexity index is 605. The number of hydrogen-bond acceptors (Lipinski definition) is 6. The van der Waals surface area contributed by atoms with Crippen LogP contribution < -0.4 is 5.56 Å². The van der Waals surface area contributed by atoms with Crippen LogP contribution in [-0.2, 0) is 14.6 Å². The van der Waals surface area contributed by atoms with Gasteiger partial charge in [0, 0.05) is 12.5 Å². The summed E-state index contributed by atoms with van der Waals surface area (Å²) in [5.41, 5.74) is -0.963. The van der Waals surface area contributed by atoms with Crippen LogP contribution in [-0.4, -0.2) is 37.2 Å². The molecule has 100 valence electrons. The molecular formula is C10H14N2O5S. The average molecular weight is 274 g/mol. The highest BCUT2D eigenvalue weighted by Crippen LogP contribution is 2.15. The summed E-state index contributed by atoms with van der Waals surface area (Å²) in [4.78, 5) is 29.0. The molecule has 0 aromatic carbocycles. The van der Waals surface area contributed by atoms with Gasteiger partial charge in [-0.05, 0) is 13.8 Å². The molecule has 1 N–H and O–H groups in total. The molecule has 0 bridgehead atoms. The molecule has 1 rings (SSSR count). The third-order valence-corrected chi connectivity index (χ3v) is 3.85. The minimum Gasteiger partial charge on any atom is -0.462 e. The number of H-pyrrole nitrogens is 1. The lowest BCUT2D eigenvalue weighted by atomic mass is 10.3. The summed E-state index contributed by atoms with van der Waals surface area (Å²) >= 11 is 0. The molecule has 0 saturated carbocycles. The second kappa shape index (κ2) is 5.30. The van der Waals surface area contributed by atoms with Crippen LogP contribution >= 0.6 is 0 Å². The van der Waals surface area contributed by atoms with E-state index in [4.69, 9.17) is 0 Å². The van der Waals surface area contributed by atoms with Crippen molar-refractivity contribution in [2.45, 2.75) is 19.1 Å². The molecule has 0 aliphatic carbocycles. The number of aromatic amines is 1. The van der Waals surface area contributed by atoms with Gasteiger partial charge in [0.05, 0.1) is 6.61 Å². The summed E-state index contributed by atoms with van der Waals surface area (Å²) in [6.07, 6.45) is 2.06. The van der Waals surface area contributed by atoms with Crippen molar-refractivity contribution < 1.29 is 17.9 Å². The molecule has 8 heteroatoms. The van der Waals surface area contributed by atoms with Gasteiger partial charge in [0.1, 0.15) is 16.6 Å². The summed E-state index contributed by atoms with van der Waals surface area (Å²) in [5.74, 6) is -0.791. The predicted octanol–water partition coefficient (Wildman–Crippen LogP) is 0.0522. The maximum absolute atomic E-state index is 11.6. The lowest BCUT2D eigenvalue weighted by molar-refractivity contribution is 0.0523. The predicted molar refractivity (Wildman–Crippen MR) is 64.1 cm³/mol. The highest BCUT2D eigenvalue weighted by Gasteiger charge is 2.21. The first-order valence-electron chi connectivity index (χ1n) is 5.22. The van der Waals surface area contributed by atoms with Crippen LogP contribution in [0.5, 0.6) is 0 Å². The number of ether oxygens (including phenoxy) is 1. The zero-order chi connectivity index (χ0) is 13.9. The zero-order valence-electron chi connectivity index (χ0n) is 10.3. The van der Waals surface area contributed by atoms with Gasteiger partial charge >= 0.3 is 5.97 Å². The molecule has 0 fully saturated rings. The van der Waals surface area contributed by atoms with Crippen molar-refractivity contribution in [3.8, 4) is 0 Å². The van der Waals surface area contributed by atoms with Crippen LogP contribution in [0.3, 0.4) is 0 Å². The number of rotatable bonds is 4. The smallest absolute Gasteiger partial charge is 0.345 e. The average Bonchev–Trinajstić information content (AvgIpc) is 2.26. The van der Waals surface area contributed by atoms with Crippen LogP contribution in [0.2, 0.25) is 0 Å². The fourth-order valence-corrected chi connectivity index (χ4v) is 1.70. The van der Waals surface area contributed by atoms with Gasteiger partial charge in [-0.15, -0.1) is 0 Å². The van der Waals surface area contributed by atoms with Crippen LogP contribution in [0.1, 0.15) is 35.3 Å². The molecular weight excluding hydrogens is 260 g/mol. The van der Waals surface area contributed by atoms with Gasteiger partial charge in [-0.2, -0.15) is 0 Å². The summed E-state index contributed by atoms with van der Waals surface area (Å²) in [6, 6.07) is 0. The Labute approximate surface area is 104 Å². The number of nitrogens with one attached hydrogen (secondary N) is 1. The monoisotopic (exact) mass is 274 g/mol. The number of aromatic nitrogens is 2. The van der Waals surface area contributed by atoms with E-state index in [1.807, 2.05) is 0 Å². The van der Waals surface area contributed by atoms with Gasteiger partial charge in [0.25, 0.3) is 5.56 Å². The Morgan fingerprint density at radius 1 is 1.56 bits per heavy atom. The van der Waals surface area contributed by atoms with E-state index >= 15 is 0 Å². The minimum atomic E-state index is -3.36. The van der Waals surface area contributed by atoms with Crippen LogP contribution in [0.15, 0.2) is 11.0 Å². The lowest BCUT2D eigenvalue weighted by Crippen LogP contribution is -2.24. The summed E-state index contributed by atoms with van der Waals surface area (Å²) in [6.45, 7) is 3.15. The molecule has 0 spiro atoms. The molecule has 1 aromatic heterocycles. The first-order valence-corrected chi connectivity index (χ1v) is 7.18. The summed E-state index contributed by atoms with van der Waals surface area (Å²) in [5, 5.41) is -0.943. The summed E-state index contributed by atoms with van der Waals surface area (Å²) < 4.78 is 27.3. The highest BCUT2D eigenvalue weighted by atomic mass is 32.2. The Morgan fingerprint density at radius 3 is 2.61 bits per heavy atom. The van der Waals surface area contributed by atoms with E-state index in [9.17, 15) is 18.0 Å². The molecule has 0 amide bonds. The first-order chi connectivity index (χ1) is 8.27. The van der Waals surface area contributed by atoms with Gasteiger partial charge in [-0.1, -0.05) is 0 Å². The second-order valence-electron chi connectivity index (χ2n) is 3.70. The number of nitrogens with zero attached hydrogens (tertiary/aromatic N) is 1. The quantitative estimate of drug-likeness (QED) is 0.778. The molecule has 0 aliphatic rings. The van der Waals surface area contributed by atoms with Gasteiger partial charge < -0.3 is 9.72 Å². The van der Waals surface area contributed by atoms with Crippen LogP contribution in [0.4, 0.5) is 0 Å². The van der Waals surface area contributed by atoms with E-state index in [0.29, 0.717) is 0 Å². The molecule has 0 saturated heterocycles. The number of sulfone groups is 1. The Morgan fingerprint density at radius 2 is 2.17 bits per heavy atom. The van der Waals surface area contributed by atoms with E-state index < -0.39 is 26.6 Å². The Kier molecular flexibility index (Phi) is 4.23. The highest BCUT2D eigenvalue weighted by molar-refractivity contribution is 7.90. The van der Waals surface area contributed by atoms with Crippen molar-refractivity contribution in [3.63, 3.8) is 0 Å². The molecule has 1 atom stereocenters. The minimum absolute atomic E-state index is 0.00412. The molecule has 1 heterocycles. The van der Waals surface area contributed by atoms with E-state index in [1.165, 1.54) is 6.92 Å². The second-order valence-corrected chi connectivity index (χ2v) is 6.07. The van der Waals surface area contributed by atoms with Crippen LogP contribution in [0.25, 0.3) is 0 Å². The number of carbonyl (C=O) groups is 1. The van der Waals surface area contributed by atoms with E-state index in [1.54, 1.807) is 6.92 Å². The Hall–Kier alpha value is -1.70. The molecule has 7 nitrogen and oxygen atoms in total. The molecule has 1 unspecified atom stereocenters. The maximum Gasteiger partial charge on any atom is 0.345 e. The van der Waals surface area contributed by atoms with Gasteiger partial charge in [-0.3, -0.25) is 4.79 Å². The number of esters is 1. The van der Waals surface area contributed by atoms with Crippen molar-refractivity contribution >= 4 is 15.8 Å². The maximum atomic E-state index is 11.6. The third kappa shape index (κ3) is 3.16. The van der Waals surface area contributed by atoms with Crippen molar-refractivity contribution in [2.24, 2.45) is 0 Å². The Balaban J connectivity index is 3.15.